The summed E-state index contributed by atoms with van der Waals surface area (Å²) < 4.78 is 3.98. The molecule has 23 heavy (non-hydrogen) atoms. The van der Waals surface area contributed by atoms with Gasteiger partial charge in [0.05, 0.1) is 23.3 Å². The molecule has 0 fully saturated rings. The summed E-state index contributed by atoms with van der Waals surface area (Å²) in [6.07, 6.45) is 7.92. The first kappa shape index (κ1) is 15.3. The monoisotopic (exact) mass is 307 g/mol. The first-order valence-electron chi connectivity index (χ1n) is 7.83. The molecule has 0 bridgehead atoms. The summed E-state index contributed by atoms with van der Waals surface area (Å²) in [6, 6.07) is 8.71. The molecule has 0 aliphatic heterocycles. The molecule has 0 saturated carbocycles. The van der Waals surface area contributed by atoms with Crippen LogP contribution in [0.5, 0.6) is 0 Å². The number of aromatic nitrogens is 3. The van der Waals surface area contributed by atoms with E-state index in [-0.39, 0.29) is 12.1 Å². The molecule has 0 amide bonds. The van der Waals surface area contributed by atoms with Crippen LogP contribution in [-0.2, 0) is 6.54 Å². The fraction of sp³-hybridized carbons (Fsp3) is 0.333. The summed E-state index contributed by atoms with van der Waals surface area (Å²) in [4.78, 5) is 0. The fourth-order valence-electron chi connectivity index (χ4n) is 2.77. The highest BCUT2D eigenvalue weighted by Crippen LogP contribution is 2.18. The number of rotatable bonds is 5. The van der Waals surface area contributed by atoms with Gasteiger partial charge >= 0.3 is 0 Å². The van der Waals surface area contributed by atoms with E-state index in [2.05, 4.69) is 36.5 Å². The summed E-state index contributed by atoms with van der Waals surface area (Å²) in [5, 5.41) is 17.4. The predicted octanol–water partition coefficient (Wildman–Crippen LogP) is 3.06. The van der Waals surface area contributed by atoms with Gasteiger partial charge in [-0.1, -0.05) is 6.07 Å². The van der Waals surface area contributed by atoms with Crippen LogP contribution in [0.1, 0.15) is 36.6 Å². The van der Waals surface area contributed by atoms with E-state index in [1.54, 1.807) is 0 Å². The first-order chi connectivity index (χ1) is 11.1. The van der Waals surface area contributed by atoms with Gasteiger partial charge in [0.15, 0.2) is 0 Å². The van der Waals surface area contributed by atoms with Crippen LogP contribution in [-0.4, -0.2) is 20.2 Å². The smallest absolute Gasteiger partial charge is 0.102 e. The van der Waals surface area contributed by atoms with Crippen molar-refractivity contribution in [3.63, 3.8) is 0 Å². The van der Waals surface area contributed by atoms with Gasteiger partial charge in [-0.05, 0) is 38.5 Å². The lowest BCUT2D eigenvalue weighted by Crippen LogP contribution is -2.33. The molecule has 0 unspecified atom stereocenters. The van der Waals surface area contributed by atoms with Gasteiger partial charge in [-0.25, -0.2) is 0 Å². The minimum Gasteiger partial charge on any atom is -0.322 e. The summed E-state index contributed by atoms with van der Waals surface area (Å²) in [6.45, 7) is 6.99. The highest BCUT2D eigenvalue weighted by molar-refractivity contribution is 5.65. The van der Waals surface area contributed by atoms with E-state index >= 15 is 0 Å². The maximum atomic E-state index is 9.46. The lowest BCUT2D eigenvalue weighted by Gasteiger charge is -2.21. The third-order valence-corrected chi connectivity index (χ3v) is 4.36. The maximum Gasteiger partial charge on any atom is 0.102 e. The molecule has 0 aromatic carbocycles. The van der Waals surface area contributed by atoms with Crippen molar-refractivity contribution in [3.8, 4) is 6.07 Å². The Morgan fingerprint density at radius 3 is 2.83 bits per heavy atom. The summed E-state index contributed by atoms with van der Waals surface area (Å²) >= 11 is 0. The minimum absolute atomic E-state index is 0.240. The van der Waals surface area contributed by atoms with Crippen molar-refractivity contribution in [2.45, 2.75) is 39.4 Å². The van der Waals surface area contributed by atoms with E-state index in [9.17, 15) is 5.26 Å². The van der Waals surface area contributed by atoms with Crippen molar-refractivity contribution in [3.05, 3.63) is 59.7 Å². The zero-order valence-electron chi connectivity index (χ0n) is 13.7. The molecule has 0 spiro atoms. The highest BCUT2D eigenvalue weighted by Gasteiger charge is 2.16. The van der Waals surface area contributed by atoms with Crippen molar-refractivity contribution < 1.29 is 0 Å². The number of hydrogen-bond donors (Lipinski definition) is 1. The Morgan fingerprint density at radius 1 is 1.30 bits per heavy atom. The molecule has 5 nitrogen and oxygen atoms in total. The molecule has 0 radical (unpaired) electrons. The Labute approximate surface area is 136 Å². The third-order valence-electron chi connectivity index (χ3n) is 4.36. The van der Waals surface area contributed by atoms with Crippen molar-refractivity contribution in [1.29, 1.82) is 5.26 Å². The van der Waals surface area contributed by atoms with E-state index in [0.717, 1.165) is 22.2 Å². The van der Waals surface area contributed by atoms with Gasteiger partial charge in [-0.2, -0.15) is 10.4 Å². The molecule has 0 saturated heterocycles. The largest absolute Gasteiger partial charge is 0.322 e. The van der Waals surface area contributed by atoms with Crippen LogP contribution >= 0.6 is 0 Å². The van der Waals surface area contributed by atoms with Crippen molar-refractivity contribution in [2.75, 3.05) is 0 Å². The molecule has 118 valence electrons. The van der Waals surface area contributed by atoms with Gasteiger partial charge in [0.25, 0.3) is 0 Å². The maximum absolute atomic E-state index is 9.46. The zero-order valence-corrected chi connectivity index (χ0v) is 13.7. The summed E-state index contributed by atoms with van der Waals surface area (Å²) in [5.41, 5.74) is 3.88. The minimum atomic E-state index is 0.240. The van der Waals surface area contributed by atoms with E-state index in [4.69, 9.17) is 0 Å². The van der Waals surface area contributed by atoms with E-state index in [1.165, 1.54) is 0 Å². The van der Waals surface area contributed by atoms with Gasteiger partial charge in [0, 0.05) is 36.7 Å². The Balaban J connectivity index is 1.74. The molecule has 0 aliphatic carbocycles. The van der Waals surface area contributed by atoms with E-state index < -0.39 is 0 Å². The van der Waals surface area contributed by atoms with Gasteiger partial charge in [0.2, 0.25) is 0 Å². The second-order valence-electron chi connectivity index (χ2n) is 6.04. The Bertz CT molecular complexity index is 852. The Morgan fingerprint density at radius 2 is 2.13 bits per heavy atom. The van der Waals surface area contributed by atoms with Crippen LogP contribution < -0.4 is 5.32 Å². The molecule has 5 heteroatoms. The zero-order chi connectivity index (χ0) is 16.4. The molecular weight excluding hydrogens is 286 g/mol. The highest BCUT2D eigenvalue weighted by atomic mass is 15.3. The quantitative estimate of drug-likeness (QED) is 0.788. The summed E-state index contributed by atoms with van der Waals surface area (Å²) in [7, 11) is 0. The topological polar surface area (TPSA) is 58.1 Å². The predicted molar refractivity (Wildman–Crippen MR) is 90.1 cm³/mol. The normalized spacial score (nSPS) is 13.8. The van der Waals surface area contributed by atoms with Crippen LogP contribution in [0, 0.1) is 18.3 Å². The van der Waals surface area contributed by atoms with Gasteiger partial charge in [0.1, 0.15) is 6.07 Å². The Hall–Kier alpha value is -2.58. The van der Waals surface area contributed by atoms with Crippen LogP contribution in [0.2, 0.25) is 0 Å². The third kappa shape index (κ3) is 2.99. The number of nitriles is 1. The van der Waals surface area contributed by atoms with E-state index in [0.29, 0.717) is 6.54 Å². The second-order valence-corrected chi connectivity index (χ2v) is 6.04. The average Bonchev–Trinajstić information content (AvgIpc) is 3.14. The number of pyridine rings is 1. The first-order valence-corrected chi connectivity index (χ1v) is 7.83. The van der Waals surface area contributed by atoms with Crippen LogP contribution in [0.3, 0.4) is 0 Å². The van der Waals surface area contributed by atoms with E-state index in [1.807, 2.05) is 52.8 Å². The van der Waals surface area contributed by atoms with Gasteiger partial charge in [-0.15, -0.1) is 0 Å². The lowest BCUT2D eigenvalue weighted by atomic mass is 10.1. The van der Waals surface area contributed by atoms with Gasteiger partial charge < -0.3 is 9.72 Å². The molecule has 0 aliphatic rings. The standard InChI is InChI=1S/C18H21N5/c1-13-9-21-23(11-13)15(3)14(2)20-10-16-12-22-7-5-4-6-18(22)17(16)8-19/h4-7,9,11-12,14-15,20H,10H2,1-3H3/t14-,15+/m1/s1. The second kappa shape index (κ2) is 6.27. The van der Waals surface area contributed by atoms with Crippen molar-refractivity contribution in [1.82, 2.24) is 19.5 Å². The molecule has 3 rings (SSSR count). The van der Waals surface area contributed by atoms with Gasteiger partial charge in [-0.3, -0.25) is 4.68 Å². The summed E-state index contributed by atoms with van der Waals surface area (Å²) in [5.74, 6) is 0. The molecule has 3 heterocycles. The molecule has 3 aromatic heterocycles. The van der Waals surface area contributed by atoms with Crippen molar-refractivity contribution >= 4 is 5.52 Å². The number of nitrogens with one attached hydrogen (secondary N) is 1. The molecule has 3 aromatic rings. The van der Waals surface area contributed by atoms with Crippen LogP contribution in [0.15, 0.2) is 43.0 Å². The fourth-order valence-corrected chi connectivity index (χ4v) is 2.77. The molecule has 1 N–H and O–H groups in total. The number of hydrogen-bond acceptors (Lipinski definition) is 3. The average molecular weight is 307 g/mol. The van der Waals surface area contributed by atoms with Crippen molar-refractivity contribution in [2.24, 2.45) is 0 Å². The SMILES string of the molecule is Cc1cnn([C@@H](C)[C@@H](C)NCc2cn3ccccc3c2C#N)c1. The number of aryl methyl sites for hydroxylation is 1. The lowest BCUT2D eigenvalue weighted by molar-refractivity contribution is 0.365. The Kier molecular flexibility index (Phi) is 4.18. The van der Waals surface area contributed by atoms with Crippen LogP contribution in [0.25, 0.3) is 5.52 Å². The molecule has 2 atom stereocenters. The number of nitrogens with zero attached hydrogens (tertiary/aromatic N) is 4. The van der Waals surface area contributed by atoms with Crippen LogP contribution in [0.4, 0.5) is 0 Å². The molecular formula is C18H21N5. The number of fused-ring (bicyclic) bond motifs is 1.